The van der Waals surface area contributed by atoms with Gasteiger partial charge in [0.15, 0.2) is 23.3 Å². The lowest BCUT2D eigenvalue weighted by Gasteiger charge is -2.17. The smallest absolute Gasteiger partial charge is 0.238 e. The predicted octanol–water partition coefficient (Wildman–Crippen LogP) is 25.4. The molecule has 0 aliphatic carbocycles. The van der Waals surface area contributed by atoms with E-state index in [-0.39, 0.29) is 0 Å². The summed E-state index contributed by atoms with van der Waals surface area (Å²) in [6.45, 7) is 0. The molecule has 0 radical (unpaired) electrons. The molecular formula is C102H64N10. The fourth-order valence-corrected chi connectivity index (χ4v) is 17.0. The molecule has 0 spiro atoms. The van der Waals surface area contributed by atoms with E-state index in [4.69, 9.17) is 29.9 Å². The first-order chi connectivity index (χ1) is 55.5. The minimum absolute atomic E-state index is 0.487. The molecule has 0 saturated heterocycles. The Morgan fingerprint density at radius 2 is 0.464 bits per heavy atom. The van der Waals surface area contributed by atoms with Crippen molar-refractivity contribution in [3.05, 3.63) is 388 Å². The molecule has 112 heavy (non-hydrogen) atoms. The van der Waals surface area contributed by atoms with Gasteiger partial charge in [0, 0.05) is 70.9 Å². The fraction of sp³-hybridized carbons (Fsp3) is 0. The average molecular weight is 1430 g/mol. The quantitative estimate of drug-likeness (QED) is 0.114. The van der Waals surface area contributed by atoms with E-state index < -0.39 is 0 Å². The van der Waals surface area contributed by atoms with Gasteiger partial charge in [0.1, 0.15) is 0 Å². The van der Waals surface area contributed by atoms with Gasteiger partial charge in [-0.25, -0.2) is 9.97 Å². The van der Waals surface area contributed by atoms with E-state index in [0.29, 0.717) is 35.2 Å². The number of hydrogen-bond acceptors (Lipinski definition) is 6. The summed E-state index contributed by atoms with van der Waals surface area (Å²) in [5, 5.41) is 8.86. The summed E-state index contributed by atoms with van der Waals surface area (Å²) < 4.78 is 9.21. The van der Waals surface area contributed by atoms with Gasteiger partial charge in [0.25, 0.3) is 0 Å². The Labute approximate surface area is 644 Å². The molecule has 522 valence electrons. The van der Waals surface area contributed by atoms with E-state index in [2.05, 4.69) is 388 Å². The molecule has 0 bridgehead atoms. The molecule has 6 aromatic heterocycles. The number of nitrogens with zero attached hydrogens (tertiary/aromatic N) is 10. The van der Waals surface area contributed by atoms with Crippen LogP contribution in [-0.2, 0) is 0 Å². The van der Waals surface area contributed by atoms with Gasteiger partial charge in [-0.15, -0.1) is 0 Å². The summed E-state index contributed by atoms with van der Waals surface area (Å²) in [6.07, 6.45) is 0. The second-order valence-corrected chi connectivity index (χ2v) is 28.5. The average Bonchev–Trinajstić information content (AvgIpc) is 1.56. The Bertz CT molecular complexity index is 7380. The van der Waals surface area contributed by atoms with E-state index in [9.17, 15) is 0 Å². The zero-order chi connectivity index (χ0) is 73.7. The Morgan fingerprint density at radius 3 is 1.01 bits per heavy atom. The SMILES string of the molecule is c1ccc(-c2ccc(-c3nc(-c4cc(-c5ccc6c(c5)c5cc(-c7cccc(-c8ccccc8)c7)ccc5n6-c5nc(-c6ccccc6)nc(-c6ccccc6-n6c7ccccc7c7ccccc76)n5)ccc4-n4c5ccccc5c5ccccc54)nc(-n4c5ccccc5c5cccc(-c6ccccc6)c54)n3)cc2)cc1. The lowest BCUT2D eigenvalue weighted by molar-refractivity contribution is 0.951. The maximum Gasteiger partial charge on any atom is 0.238 e. The Morgan fingerprint density at radius 1 is 0.152 bits per heavy atom. The molecule has 22 aromatic rings. The van der Waals surface area contributed by atoms with Gasteiger partial charge in [0.2, 0.25) is 11.9 Å². The second kappa shape index (κ2) is 26.3. The zero-order valence-corrected chi connectivity index (χ0v) is 60.4. The number of benzene rings is 16. The van der Waals surface area contributed by atoms with Gasteiger partial charge in [-0.3, -0.25) is 9.13 Å². The van der Waals surface area contributed by atoms with Crippen LogP contribution in [-0.4, -0.2) is 48.2 Å². The number of aromatic nitrogens is 10. The Balaban J connectivity index is 0.793. The lowest BCUT2D eigenvalue weighted by Crippen LogP contribution is -2.08. The molecule has 0 aliphatic heterocycles. The third-order valence-electron chi connectivity index (χ3n) is 22.1. The van der Waals surface area contributed by atoms with E-state index in [1.807, 2.05) is 18.2 Å². The van der Waals surface area contributed by atoms with Crippen molar-refractivity contribution in [2.45, 2.75) is 0 Å². The normalized spacial score (nSPS) is 11.8. The molecule has 10 heteroatoms. The lowest BCUT2D eigenvalue weighted by atomic mass is 9.97. The predicted molar refractivity (Wildman–Crippen MR) is 459 cm³/mol. The van der Waals surface area contributed by atoms with Crippen LogP contribution >= 0.6 is 0 Å². The van der Waals surface area contributed by atoms with Crippen LogP contribution in [0, 0.1) is 0 Å². The van der Waals surface area contributed by atoms with Crippen molar-refractivity contribution >= 4 is 87.2 Å². The summed E-state index contributed by atoms with van der Waals surface area (Å²) in [6, 6.07) is 138. The highest BCUT2D eigenvalue weighted by molar-refractivity contribution is 6.15. The molecule has 0 amide bonds. The van der Waals surface area contributed by atoms with Crippen LogP contribution in [0.1, 0.15) is 0 Å². The van der Waals surface area contributed by atoms with Gasteiger partial charge in [0.05, 0.1) is 55.5 Å². The first kappa shape index (κ1) is 64.0. The maximum absolute atomic E-state index is 5.84. The Kier molecular flexibility index (Phi) is 15.0. The van der Waals surface area contributed by atoms with Gasteiger partial charge in [-0.1, -0.05) is 303 Å². The monoisotopic (exact) mass is 1430 g/mol. The summed E-state index contributed by atoms with van der Waals surface area (Å²) in [5.74, 6) is 3.12. The summed E-state index contributed by atoms with van der Waals surface area (Å²) in [4.78, 5) is 33.8. The van der Waals surface area contributed by atoms with Crippen LogP contribution in [0.3, 0.4) is 0 Å². The number of hydrogen-bond donors (Lipinski definition) is 0. The van der Waals surface area contributed by atoms with Crippen molar-refractivity contribution in [3.8, 4) is 124 Å². The molecular weight excluding hydrogens is 1370 g/mol. The number of rotatable bonds is 13. The van der Waals surface area contributed by atoms with Crippen molar-refractivity contribution in [2.24, 2.45) is 0 Å². The molecule has 16 aromatic carbocycles. The summed E-state index contributed by atoms with van der Waals surface area (Å²) in [5.41, 5.74) is 24.2. The number of fused-ring (bicyclic) bond motifs is 12. The highest BCUT2D eigenvalue weighted by Crippen LogP contribution is 2.45. The molecule has 0 aliphatic rings. The van der Waals surface area contributed by atoms with Crippen molar-refractivity contribution in [1.29, 1.82) is 0 Å². The molecule has 22 rings (SSSR count). The Hall–Kier alpha value is -15.3. The van der Waals surface area contributed by atoms with Crippen LogP contribution in [0.2, 0.25) is 0 Å². The van der Waals surface area contributed by atoms with E-state index in [1.54, 1.807) is 0 Å². The zero-order valence-electron chi connectivity index (χ0n) is 60.4. The molecule has 0 saturated carbocycles. The van der Waals surface area contributed by atoms with Gasteiger partial charge < -0.3 is 9.13 Å². The van der Waals surface area contributed by atoms with Gasteiger partial charge >= 0.3 is 0 Å². The van der Waals surface area contributed by atoms with Crippen LogP contribution in [0.4, 0.5) is 0 Å². The van der Waals surface area contributed by atoms with Crippen molar-refractivity contribution in [2.75, 3.05) is 0 Å². The van der Waals surface area contributed by atoms with Crippen molar-refractivity contribution in [1.82, 2.24) is 48.2 Å². The third kappa shape index (κ3) is 10.6. The first-order valence-corrected chi connectivity index (χ1v) is 37.8. The molecule has 6 heterocycles. The molecule has 10 nitrogen and oxygen atoms in total. The topological polar surface area (TPSA) is 97.1 Å². The van der Waals surface area contributed by atoms with E-state index in [0.717, 1.165) is 166 Å². The van der Waals surface area contributed by atoms with Crippen LogP contribution in [0.15, 0.2) is 388 Å². The minimum atomic E-state index is 0.487. The van der Waals surface area contributed by atoms with Crippen molar-refractivity contribution < 1.29 is 0 Å². The molecule has 0 atom stereocenters. The second-order valence-electron chi connectivity index (χ2n) is 28.5. The largest absolute Gasteiger partial charge is 0.309 e. The highest BCUT2D eigenvalue weighted by atomic mass is 15.2. The van der Waals surface area contributed by atoms with Gasteiger partial charge in [-0.2, -0.15) is 19.9 Å². The maximum atomic E-state index is 5.84. The summed E-state index contributed by atoms with van der Waals surface area (Å²) >= 11 is 0. The van der Waals surface area contributed by atoms with Gasteiger partial charge in [-0.05, 0) is 135 Å². The van der Waals surface area contributed by atoms with Crippen molar-refractivity contribution in [3.63, 3.8) is 0 Å². The van der Waals surface area contributed by atoms with E-state index >= 15 is 0 Å². The minimum Gasteiger partial charge on any atom is -0.309 e. The molecule has 0 unspecified atom stereocenters. The van der Waals surface area contributed by atoms with Crippen LogP contribution < -0.4 is 0 Å². The third-order valence-corrected chi connectivity index (χ3v) is 22.1. The number of para-hydroxylation sites is 7. The molecule has 0 fully saturated rings. The summed E-state index contributed by atoms with van der Waals surface area (Å²) in [7, 11) is 0. The molecule has 0 N–H and O–H groups in total. The van der Waals surface area contributed by atoms with Crippen LogP contribution in [0.5, 0.6) is 0 Å². The fourth-order valence-electron chi connectivity index (χ4n) is 17.0. The van der Waals surface area contributed by atoms with E-state index in [1.165, 1.54) is 10.8 Å². The first-order valence-electron chi connectivity index (χ1n) is 37.8. The highest BCUT2D eigenvalue weighted by Gasteiger charge is 2.27. The standard InChI is InChI=1S/C102H64N10/c1-5-27-65(28-6-1)67-51-53-70(54-52-67)98-104-100(108-102(106-98)112-91-49-23-17-41-81(91)82-44-26-43-76(96(82)112)68-31-9-3-10-32-68)86-64-75(57-60-95(86)110-89-47-21-15-39-79(89)80-40-16-22-48-90(80)110)74-56-59-94-85(63-74)84-62-73(72-36-25-35-71(61-72)66-29-7-2-8-30-66)55-58-93(84)111(94)101-105-97(69-33-11-4-12-34-69)103-99(107-101)83-42-18-24-50-92(83)109-87-45-19-13-37-77(87)78-38-14-20-46-88(78)109/h1-64H. The van der Waals surface area contributed by atoms with Crippen LogP contribution in [0.25, 0.3) is 212 Å².